The van der Waals surface area contributed by atoms with E-state index in [0.717, 1.165) is 18.4 Å². The number of rotatable bonds is 10. The molecule has 9 nitrogen and oxygen atoms in total. The lowest BCUT2D eigenvalue weighted by molar-refractivity contribution is -0.139. The van der Waals surface area contributed by atoms with Crippen molar-refractivity contribution in [2.45, 2.75) is 58.8 Å². The molecule has 0 bridgehead atoms. The molecule has 2 heterocycles. The normalized spacial score (nSPS) is 12.3. The Morgan fingerprint density at radius 2 is 1.91 bits per heavy atom. The number of benzene rings is 1. The highest BCUT2D eigenvalue weighted by Crippen LogP contribution is 2.29. The summed E-state index contributed by atoms with van der Waals surface area (Å²) in [4.78, 5) is 29.2. The zero-order valence-corrected chi connectivity index (χ0v) is 21.3. The predicted molar refractivity (Wildman–Crippen MR) is 133 cm³/mol. The van der Waals surface area contributed by atoms with Crippen molar-refractivity contribution in [2.24, 2.45) is 0 Å². The fourth-order valence-electron chi connectivity index (χ4n) is 3.21. The number of aromatic hydroxyl groups is 1. The zero-order valence-electron chi connectivity index (χ0n) is 20.5. The molecule has 0 aliphatic carbocycles. The summed E-state index contributed by atoms with van der Waals surface area (Å²) in [7, 11) is 1.48. The van der Waals surface area contributed by atoms with Crippen LogP contribution in [-0.2, 0) is 16.1 Å². The third kappa shape index (κ3) is 6.86. The van der Waals surface area contributed by atoms with Crippen LogP contribution < -0.4 is 10.1 Å². The van der Waals surface area contributed by atoms with Crippen molar-refractivity contribution in [3.05, 3.63) is 47.1 Å². The van der Waals surface area contributed by atoms with Crippen LogP contribution in [0.2, 0.25) is 5.02 Å². The highest BCUT2D eigenvalue weighted by Gasteiger charge is 2.26. The fraction of sp³-hybridized carbons (Fsp3) is 0.400. The van der Waals surface area contributed by atoms with Crippen LogP contribution in [0.25, 0.3) is 22.8 Å². The summed E-state index contributed by atoms with van der Waals surface area (Å²) in [6.07, 6.45) is 3.60. The molecule has 0 saturated carbocycles. The third-order valence-corrected chi connectivity index (χ3v) is 5.75. The lowest BCUT2D eigenvalue weighted by Gasteiger charge is -2.21. The lowest BCUT2D eigenvalue weighted by Crippen LogP contribution is -2.43. The van der Waals surface area contributed by atoms with Crippen LogP contribution in [0.4, 0.5) is 0 Å². The summed E-state index contributed by atoms with van der Waals surface area (Å²) in [5.74, 6) is 0.688. The Hall–Kier alpha value is -3.30. The first-order valence-electron chi connectivity index (χ1n) is 11.3. The molecule has 0 unspecified atom stereocenters. The van der Waals surface area contributed by atoms with Gasteiger partial charge in [0.05, 0.1) is 11.1 Å². The molecule has 2 aromatic heterocycles. The molecule has 3 aromatic rings. The highest BCUT2D eigenvalue weighted by atomic mass is 35.5. The molecule has 35 heavy (non-hydrogen) atoms. The van der Waals surface area contributed by atoms with Crippen molar-refractivity contribution in [1.29, 1.82) is 0 Å². The number of hydrogen-bond donors (Lipinski definition) is 2. The average Bonchev–Trinajstić information content (AvgIpc) is 2.83. The number of carbonyl (C=O) groups excluding carboxylic acids is 1. The Morgan fingerprint density at radius 3 is 2.57 bits per heavy atom. The highest BCUT2D eigenvalue weighted by molar-refractivity contribution is 6.33. The second-order valence-electron chi connectivity index (χ2n) is 8.60. The van der Waals surface area contributed by atoms with Gasteiger partial charge in [0, 0.05) is 37.0 Å². The first-order chi connectivity index (χ1) is 16.6. The predicted octanol–water partition coefficient (Wildman–Crippen LogP) is 4.57. The maximum absolute atomic E-state index is 12.3. The van der Waals surface area contributed by atoms with Crippen molar-refractivity contribution in [3.63, 3.8) is 0 Å². The van der Waals surface area contributed by atoms with Crippen molar-refractivity contribution in [1.82, 2.24) is 25.3 Å². The second-order valence-corrected chi connectivity index (χ2v) is 9.00. The summed E-state index contributed by atoms with van der Waals surface area (Å²) in [6.45, 7) is 7.72. The molecule has 0 aliphatic heterocycles. The standard InChI is InChI=1S/C25H30ClN5O4/c1-6-7-15(2)35-20-11-9-17(14-27-20)21-29-22(31-24(33)30-21)18-12-16(8-10-19(18)26)13-28-23(32)25(3,4)34-5/h8-12,14-15H,6-7,13H2,1-5H3,(H,28,32)(H,29,30,31,33)/t15-/m0/s1. The first kappa shape index (κ1) is 26.3. The van der Waals surface area contributed by atoms with Gasteiger partial charge in [0.25, 0.3) is 5.91 Å². The maximum atomic E-state index is 12.3. The van der Waals surface area contributed by atoms with Crippen LogP contribution in [-0.4, -0.2) is 49.8 Å². The van der Waals surface area contributed by atoms with Crippen LogP contribution in [0.3, 0.4) is 0 Å². The molecule has 0 fully saturated rings. The SMILES string of the molecule is CCC[C@H](C)Oc1ccc(-c2nc(O)nc(-c3cc(CNC(=O)C(C)(C)OC)ccc3Cl)n2)cn1. The second kappa shape index (κ2) is 11.4. The molecular weight excluding hydrogens is 470 g/mol. The molecule has 0 radical (unpaired) electrons. The molecule has 10 heteroatoms. The minimum Gasteiger partial charge on any atom is -0.479 e. The van der Waals surface area contributed by atoms with Crippen LogP contribution in [0.1, 0.15) is 46.1 Å². The van der Waals surface area contributed by atoms with Crippen LogP contribution >= 0.6 is 11.6 Å². The van der Waals surface area contributed by atoms with Crippen molar-refractivity contribution >= 4 is 17.5 Å². The number of carbonyl (C=O) groups is 1. The van der Waals surface area contributed by atoms with E-state index in [1.54, 1.807) is 50.4 Å². The van der Waals surface area contributed by atoms with Gasteiger partial charge in [0.15, 0.2) is 11.6 Å². The van der Waals surface area contributed by atoms with E-state index in [0.29, 0.717) is 22.0 Å². The van der Waals surface area contributed by atoms with E-state index in [9.17, 15) is 9.90 Å². The summed E-state index contributed by atoms with van der Waals surface area (Å²) >= 11 is 6.42. The Kier molecular flexibility index (Phi) is 8.58. The van der Waals surface area contributed by atoms with Crippen LogP contribution in [0, 0.1) is 0 Å². The third-order valence-electron chi connectivity index (χ3n) is 5.42. The van der Waals surface area contributed by atoms with Crippen molar-refractivity contribution in [2.75, 3.05) is 7.11 Å². The largest absolute Gasteiger partial charge is 0.479 e. The zero-order chi connectivity index (χ0) is 25.6. The van der Waals surface area contributed by atoms with Gasteiger partial charge in [0.2, 0.25) is 5.88 Å². The number of halogens is 1. The van der Waals surface area contributed by atoms with Crippen molar-refractivity contribution < 1.29 is 19.4 Å². The Bertz CT molecular complexity index is 1170. The average molecular weight is 500 g/mol. The summed E-state index contributed by atoms with van der Waals surface area (Å²) in [6, 6.07) is 8.29. The summed E-state index contributed by atoms with van der Waals surface area (Å²) in [5, 5.41) is 13.4. The van der Waals surface area contributed by atoms with E-state index in [4.69, 9.17) is 21.1 Å². The van der Waals surface area contributed by atoms with Gasteiger partial charge in [-0.15, -0.1) is 0 Å². The minimum absolute atomic E-state index is 0.0611. The number of methoxy groups -OCH3 is 1. The van der Waals surface area contributed by atoms with Crippen LogP contribution in [0.5, 0.6) is 11.9 Å². The number of pyridine rings is 1. The first-order valence-corrected chi connectivity index (χ1v) is 11.7. The van der Waals surface area contributed by atoms with Gasteiger partial charge < -0.3 is 19.9 Å². The topological polar surface area (TPSA) is 119 Å². The Labute approximate surface area is 209 Å². The van der Waals surface area contributed by atoms with E-state index in [1.165, 1.54) is 7.11 Å². The molecule has 0 saturated heterocycles. The van der Waals surface area contributed by atoms with E-state index < -0.39 is 11.6 Å². The number of aromatic nitrogens is 4. The minimum atomic E-state index is -0.952. The molecule has 2 N–H and O–H groups in total. The lowest BCUT2D eigenvalue weighted by atomic mass is 10.1. The van der Waals surface area contributed by atoms with Gasteiger partial charge in [-0.05, 0) is 51.0 Å². The smallest absolute Gasteiger partial charge is 0.318 e. The Balaban J connectivity index is 1.84. The molecule has 1 aromatic carbocycles. The molecular formula is C25H30ClN5O4. The van der Waals surface area contributed by atoms with Gasteiger partial charge in [0.1, 0.15) is 5.60 Å². The van der Waals surface area contributed by atoms with E-state index >= 15 is 0 Å². The molecule has 0 spiro atoms. The quantitative estimate of drug-likeness (QED) is 0.416. The van der Waals surface area contributed by atoms with Gasteiger partial charge in [-0.3, -0.25) is 4.79 Å². The molecule has 3 rings (SSSR count). The molecule has 186 valence electrons. The van der Waals surface area contributed by atoms with Crippen LogP contribution in [0.15, 0.2) is 36.5 Å². The van der Waals surface area contributed by atoms with Gasteiger partial charge in [-0.25, -0.2) is 9.97 Å². The van der Waals surface area contributed by atoms with Gasteiger partial charge in [-0.1, -0.05) is 31.0 Å². The molecule has 0 aliphatic rings. The maximum Gasteiger partial charge on any atom is 0.318 e. The molecule has 1 amide bonds. The number of amides is 1. The monoisotopic (exact) mass is 499 g/mol. The van der Waals surface area contributed by atoms with E-state index in [1.807, 2.05) is 6.92 Å². The molecule has 1 atom stereocenters. The van der Waals surface area contributed by atoms with Crippen molar-refractivity contribution in [3.8, 4) is 34.7 Å². The fourth-order valence-corrected chi connectivity index (χ4v) is 3.41. The van der Waals surface area contributed by atoms with Gasteiger partial charge >= 0.3 is 6.01 Å². The number of nitrogens with zero attached hydrogens (tertiary/aromatic N) is 4. The number of hydrogen-bond acceptors (Lipinski definition) is 8. The summed E-state index contributed by atoms with van der Waals surface area (Å²) < 4.78 is 11.0. The number of ether oxygens (including phenoxy) is 2. The summed E-state index contributed by atoms with van der Waals surface area (Å²) in [5.41, 5.74) is 0.897. The number of nitrogens with one attached hydrogen (secondary N) is 1. The Morgan fingerprint density at radius 1 is 1.17 bits per heavy atom. The van der Waals surface area contributed by atoms with E-state index in [-0.39, 0.29) is 30.2 Å². The van der Waals surface area contributed by atoms with E-state index in [2.05, 4.69) is 32.2 Å². The van der Waals surface area contributed by atoms with Gasteiger partial charge in [-0.2, -0.15) is 9.97 Å².